The van der Waals surface area contributed by atoms with Crippen LogP contribution in [-0.4, -0.2) is 37.7 Å². The number of fused-ring (bicyclic) bond motifs is 1. The number of hydrogen-bond acceptors (Lipinski definition) is 5. The third kappa shape index (κ3) is 3.44. The first-order valence-corrected chi connectivity index (χ1v) is 10.4. The molecule has 4 rings (SSSR count). The van der Waals surface area contributed by atoms with Gasteiger partial charge in [0.2, 0.25) is 0 Å². The fourth-order valence-corrected chi connectivity index (χ4v) is 4.87. The van der Waals surface area contributed by atoms with Crippen molar-refractivity contribution in [3.63, 3.8) is 0 Å². The van der Waals surface area contributed by atoms with E-state index in [2.05, 4.69) is 4.40 Å². The third-order valence-corrected chi connectivity index (χ3v) is 6.24. The average molecular weight is 405 g/mol. The summed E-state index contributed by atoms with van der Waals surface area (Å²) in [6.07, 6.45) is 1.35. The van der Waals surface area contributed by atoms with E-state index in [1.54, 1.807) is 41.3 Å². The number of nitrogens with zero attached hydrogens (tertiary/aromatic N) is 2. The van der Waals surface area contributed by atoms with Crippen molar-refractivity contribution in [3.05, 3.63) is 64.7 Å². The number of esters is 1. The van der Waals surface area contributed by atoms with Gasteiger partial charge in [0, 0.05) is 17.1 Å². The third-order valence-electron chi connectivity index (χ3n) is 4.68. The van der Waals surface area contributed by atoms with E-state index >= 15 is 0 Å². The van der Waals surface area contributed by atoms with E-state index in [0.29, 0.717) is 29.4 Å². The Labute approximate surface area is 162 Å². The summed E-state index contributed by atoms with van der Waals surface area (Å²) in [5.74, 6) is -0.0650. The van der Waals surface area contributed by atoms with Crippen molar-refractivity contribution in [1.29, 1.82) is 0 Å². The van der Waals surface area contributed by atoms with Crippen molar-refractivity contribution < 1.29 is 17.9 Å². The molecule has 1 fully saturated rings. The second kappa shape index (κ2) is 6.98. The average Bonchev–Trinajstić information content (AvgIpc) is 3.23. The van der Waals surface area contributed by atoms with Crippen LogP contribution in [-0.2, 0) is 26.2 Å². The predicted octanol–water partition coefficient (Wildman–Crippen LogP) is 3.00. The number of benzene rings is 2. The Morgan fingerprint density at radius 3 is 2.85 bits per heavy atom. The number of likely N-dealkylation sites (tertiary alicyclic amines) is 1. The summed E-state index contributed by atoms with van der Waals surface area (Å²) in [6.45, 7) is 0.671. The van der Waals surface area contributed by atoms with Gasteiger partial charge < -0.3 is 9.64 Å². The monoisotopic (exact) mass is 404 g/mol. The van der Waals surface area contributed by atoms with Crippen molar-refractivity contribution in [2.45, 2.75) is 30.4 Å². The van der Waals surface area contributed by atoms with Crippen LogP contribution in [0.1, 0.15) is 24.0 Å². The summed E-state index contributed by atoms with van der Waals surface area (Å²) >= 11 is 5.95. The maximum atomic E-state index is 12.6. The lowest BCUT2D eigenvalue weighted by molar-refractivity contribution is -0.149. The predicted molar refractivity (Wildman–Crippen MR) is 101 cm³/mol. The molecule has 0 amide bonds. The molecule has 8 heteroatoms. The lowest BCUT2D eigenvalue weighted by Gasteiger charge is -2.25. The Bertz CT molecular complexity index is 1040. The SMILES string of the molecule is O=C(OCc1cccc(Cl)c1)[C@@H]1CCCN1C1=NS(=O)(=O)c2ccccc21. The first-order valence-electron chi connectivity index (χ1n) is 8.58. The van der Waals surface area contributed by atoms with Gasteiger partial charge >= 0.3 is 5.97 Å². The van der Waals surface area contributed by atoms with E-state index in [1.165, 1.54) is 6.07 Å². The minimum Gasteiger partial charge on any atom is -0.459 e. The Kier molecular flexibility index (Phi) is 4.65. The van der Waals surface area contributed by atoms with Gasteiger partial charge in [-0.2, -0.15) is 8.42 Å². The number of carbonyl (C=O) groups excluding carboxylic acids is 1. The molecule has 140 valence electrons. The summed E-state index contributed by atoms with van der Waals surface area (Å²) < 4.78 is 34.0. The van der Waals surface area contributed by atoms with Crippen LogP contribution in [0.2, 0.25) is 5.02 Å². The molecule has 0 bridgehead atoms. The molecule has 6 nitrogen and oxygen atoms in total. The molecule has 2 aliphatic heterocycles. The second-order valence-electron chi connectivity index (χ2n) is 6.48. The summed E-state index contributed by atoms with van der Waals surface area (Å²) in [5.41, 5.74) is 1.33. The van der Waals surface area contributed by atoms with Gasteiger partial charge in [0.25, 0.3) is 10.0 Å². The van der Waals surface area contributed by atoms with E-state index in [4.69, 9.17) is 16.3 Å². The summed E-state index contributed by atoms with van der Waals surface area (Å²) in [5, 5.41) is 0.577. The zero-order chi connectivity index (χ0) is 19.0. The van der Waals surface area contributed by atoms with Crippen LogP contribution in [0.4, 0.5) is 0 Å². The highest BCUT2D eigenvalue weighted by Crippen LogP contribution is 2.31. The maximum Gasteiger partial charge on any atom is 0.329 e. The largest absolute Gasteiger partial charge is 0.459 e. The van der Waals surface area contributed by atoms with Gasteiger partial charge in [-0.3, -0.25) is 0 Å². The van der Waals surface area contributed by atoms with E-state index in [0.717, 1.165) is 12.0 Å². The van der Waals surface area contributed by atoms with E-state index in [1.807, 2.05) is 6.07 Å². The number of carbonyl (C=O) groups is 1. The van der Waals surface area contributed by atoms with Crippen LogP contribution >= 0.6 is 11.6 Å². The van der Waals surface area contributed by atoms with Crippen molar-refractivity contribution in [3.8, 4) is 0 Å². The first-order chi connectivity index (χ1) is 13.0. The van der Waals surface area contributed by atoms with Crippen LogP contribution in [0.15, 0.2) is 57.8 Å². The number of hydrogen-bond donors (Lipinski definition) is 0. The second-order valence-corrected chi connectivity index (χ2v) is 8.48. The summed E-state index contributed by atoms with van der Waals surface area (Å²) in [7, 11) is -3.72. The van der Waals surface area contributed by atoms with Crippen LogP contribution in [0.3, 0.4) is 0 Å². The number of halogens is 1. The molecular weight excluding hydrogens is 388 g/mol. The lowest BCUT2D eigenvalue weighted by atomic mass is 10.1. The molecule has 2 heterocycles. The molecule has 0 aromatic heterocycles. The minimum absolute atomic E-state index is 0.116. The molecule has 0 saturated carbocycles. The standard InChI is InChI=1S/C19H17ClN2O4S/c20-14-6-3-5-13(11-14)12-26-19(23)16-8-4-10-22(16)18-15-7-1-2-9-17(15)27(24,25)21-18/h1-3,5-7,9,11,16H,4,8,10,12H2/t16-/m0/s1. The van der Waals surface area contributed by atoms with Crippen LogP contribution in [0.5, 0.6) is 0 Å². The Morgan fingerprint density at radius 1 is 1.22 bits per heavy atom. The van der Waals surface area contributed by atoms with Gasteiger partial charge in [0.15, 0.2) is 5.84 Å². The molecule has 0 aliphatic carbocycles. The zero-order valence-electron chi connectivity index (χ0n) is 14.3. The maximum absolute atomic E-state index is 12.6. The summed E-state index contributed by atoms with van der Waals surface area (Å²) in [6, 6.07) is 13.2. The van der Waals surface area contributed by atoms with E-state index in [9.17, 15) is 13.2 Å². The topological polar surface area (TPSA) is 76.0 Å². The summed E-state index contributed by atoms with van der Waals surface area (Å²) in [4.78, 5) is 14.6. The van der Waals surface area contributed by atoms with Gasteiger partial charge in [-0.1, -0.05) is 35.9 Å². The van der Waals surface area contributed by atoms with E-state index < -0.39 is 22.0 Å². The normalized spacial score (nSPS) is 20.3. The lowest BCUT2D eigenvalue weighted by Crippen LogP contribution is -2.41. The molecule has 1 saturated heterocycles. The Balaban J connectivity index is 1.54. The molecule has 2 aromatic carbocycles. The fourth-order valence-electron chi connectivity index (χ4n) is 3.44. The molecule has 0 radical (unpaired) electrons. The highest BCUT2D eigenvalue weighted by atomic mass is 35.5. The first kappa shape index (κ1) is 18.0. The smallest absolute Gasteiger partial charge is 0.329 e. The molecular formula is C19H17ClN2O4S. The molecule has 0 unspecified atom stereocenters. The van der Waals surface area contributed by atoms with Crippen molar-refractivity contribution >= 4 is 33.4 Å². The minimum atomic E-state index is -3.72. The van der Waals surface area contributed by atoms with Gasteiger partial charge in [0.05, 0.1) is 0 Å². The van der Waals surface area contributed by atoms with Gasteiger partial charge in [-0.15, -0.1) is 4.40 Å². The van der Waals surface area contributed by atoms with Crippen LogP contribution < -0.4 is 0 Å². The fraction of sp³-hybridized carbons (Fsp3) is 0.263. The molecule has 1 atom stereocenters. The van der Waals surface area contributed by atoms with Crippen LogP contribution in [0, 0.1) is 0 Å². The molecule has 0 spiro atoms. The number of amidine groups is 1. The quantitative estimate of drug-likeness (QED) is 0.735. The Hall–Kier alpha value is -2.38. The number of sulfonamides is 1. The van der Waals surface area contributed by atoms with Crippen molar-refractivity contribution in [1.82, 2.24) is 4.90 Å². The molecule has 27 heavy (non-hydrogen) atoms. The zero-order valence-corrected chi connectivity index (χ0v) is 15.9. The highest BCUT2D eigenvalue weighted by Gasteiger charge is 2.39. The van der Waals surface area contributed by atoms with Crippen molar-refractivity contribution in [2.75, 3.05) is 6.54 Å². The van der Waals surface area contributed by atoms with E-state index in [-0.39, 0.29) is 11.5 Å². The molecule has 0 N–H and O–H groups in total. The van der Waals surface area contributed by atoms with Gasteiger partial charge in [-0.05, 0) is 42.7 Å². The number of rotatable bonds is 3. The van der Waals surface area contributed by atoms with Gasteiger partial charge in [0.1, 0.15) is 17.5 Å². The van der Waals surface area contributed by atoms with Gasteiger partial charge in [-0.25, -0.2) is 4.79 Å². The molecule has 2 aromatic rings. The van der Waals surface area contributed by atoms with Crippen molar-refractivity contribution in [2.24, 2.45) is 4.40 Å². The number of ether oxygens (including phenoxy) is 1. The Morgan fingerprint density at radius 2 is 2.04 bits per heavy atom. The van der Waals surface area contributed by atoms with Crippen LogP contribution in [0.25, 0.3) is 0 Å². The highest BCUT2D eigenvalue weighted by molar-refractivity contribution is 7.90. The molecule has 2 aliphatic rings.